The summed E-state index contributed by atoms with van der Waals surface area (Å²) in [5, 5.41) is 15.5. The van der Waals surface area contributed by atoms with Crippen LogP contribution in [0, 0.1) is 15.9 Å². The molecule has 1 aromatic carbocycles. The van der Waals surface area contributed by atoms with Gasteiger partial charge in [0.1, 0.15) is 11.5 Å². The molecule has 0 spiro atoms. The van der Waals surface area contributed by atoms with Crippen LogP contribution in [-0.4, -0.2) is 21.8 Å². The smallest absolute Gasteiger partial charge is 0.334 e. The summed E-state index contributed by atoms with van der Waals surface area (Å²) in [6, 6.07) is 6.07. The fourth-order valence-corrected chi connectivity index (χ4v) is 2.35. The number of anilines is 1. The van der Waals surface area contributed by atoms with Gasteiger partial charge in [-0.25, -0.2) is 9.07 Å². The van der Waals surface area contributed by atoms with E-state index in [1.807, 2.05) is 6.92 Å². The molecule has 1 heterocycles. The molecule has 112 valence electrons. The van der Waals surface area contributed by atoms with Crippen LogP contribution in [0.15, 0.2) is 24.3 Å². The highest BCUT2D eigenvalue weighted by Gasteiger charge is 2.28. The van der Waals surface area contributed by atoms with E-state index in [-0.39, 0.29) is 11.5 Å². The van der Waals surface area contributed by atoms with Crippen molar-refractivity contribution in [3.63, 3.8) is 0 Å². The van der Waals surface area contributed by atoms with Crippen molar-refractivity contribution in [1.82, 2.24) is 9.78 Å². The largest absolute Gasteiger partial charge is 0.350 e. The number of benzene rings is 1. The first-order valence-electron chi connectivity index (χ1n) is 6.59. The predicted molar refractivity (Wildman–Crippen MR) is 77.7 cm³/mol. The number of halogens is 1. The van der Waals surface area contributed by atoms with E-state index in [1.54, 1.807) is 31.1 Å². The van der Waals surface area contributed by atoms with Crippen molar-refractivity contribution in [2.75, 3.05) is 11.9 Å². The molecule has 0 N–H and O–H groups in total. The Morgan fingerprint density at radius 2 is 2.00 bits per heavy atom. The summed E-state index contributed by atoms with van der Waals surface area (Å²) in [4.78, 5) is 12.6. The van der Waals surface area contributed by atoms with Gasteiger partial charge in [-0.05, 0) is 24.1 Å². The second kappa shape index (κ2) is 5.90. The van der Waals surface area contributed by atoms with Gasteiger partial charge in [-0.2, -0.15) is 5.10 Å². The summed E-state index contributed by atoms with van der Waals surface area (Å²) in [6.07, 6.45) is 0.495. The topological polar surface area (TPSA) is 64.2 Å². The first kappa shape index (κ1) is 15.0. The number of aryl methyl sites for hydroxylation is 2. The molecular formula is C14H17FN4O2. The Labute approximate surface area is 121 Å². The fourth-order valence-electron chi connectivity index (χ4n) is 2.35. The first-order valence-corrected chi connectivity index (χ1v) is 6.59. The molecule has 0 atom stereocenters. The van der Waals surface area contributed by atoms with Crippen molar-refractivity contribution >= 4 is 11.5 Å². The van der Waals surface area contributed by atoms with E-state index in [0.29, 0.717) is 24.5 Å². The van der Waals surface area contributed by atoms with Gasteiger partial charge < -0.3 is 4.90 Å². The van der Waals surface area contributed by atoms with Crippen LogP contribution in [0.4, 0.5) is 15.9 Å². The minimum Gasteiger partial charge on any atom is -0.350 e. The van der Waals surface area contributed by atoms with Crippen LogP contribution in [-0.2, 0) is 20.0 Å². The Balaban J connectivity index is 2.34. The van der Waals surface area contributed by atoms with Gasteiger partial charge in [-0.3, -0.25) is 10.1 Å². The Bertz CT molecular complexity index is 652. The Kier molecular flexibility index (Phi) is 4.21. The SMILES string of the molecule is CCc1nn(C)c(N(C)Cc2ccc(F)cc2)c1[N+](=O)[O-]. The van der Waals surface area contributed by atoms with Gasteiger partial charge in [0, 0.05) is 20.6 Å². The molecule has 2 aromatic rings. The Morgan fingerprint density at radius 3 is 2.52 bits per heavy atom. The van der Waals surface area contributed by atoms with Crippen molar-refractivity contribution in [3.05, 3.63) is 51.5 Å². The predicted octanol–water partition coefficient (Wildman–Crippen LogP) is 2.67. The summed E-state index contributed by atoms with van der Waals surface area (Å²) in [7, 11) is 3.44. The van der Waals surface area contributed by atoms with Crippen LogP contribution in [0.2, 0.25) is 0 Å². The van der Waals surface area contributed by atoms with E-state index in [4.69, 9.17) is 0 Å². The molecule has 2 rings (SSSR count). The van der Waals surface area contributed by atoms with E-state index >= 15 is 0 Å². The average molecular weight is 292 g/mol. The highest BCUT2D eigenvalue weighted by Crippen LogP contribution is 2.31. The maximum absolute atomic E-state index is 12.9. The molecule has 0 radical (unpaired) electrons. The van der Waals surface area contributed by atoms with Crippen LogP contribution in [0.25, 0.3) is 0 Å². The van der Waals surface area contributed by atoms with E-state index in [0.717, 1.165) is 5.56 Å². The molecule has 1 aromatic heterocycles. The number of hydrogen-bond donors (Lipinski definition) is 0. The molecule has 21 heavy (non-hydrogen) atoms. The van der Waals surface area contributed by atoms with Gasteiger partial charge in [0.2, 0.25) is 5.82 Å². The highest BCUT2D eigenvalue weighted by molar-refractivity contribution is 5.61. The lowest BCUT2D eigenvalue weighted by molar-refractivity contribution is -0.384. The van der Waals surface area contributed by atoms with Gasteiger partial charge in [-0.1, -0.05) is 19.1 Å². The van der Waals surface area contributed by atoms with E-state index in [9.17, 15) is 14.5 Å². The molecule has 7 heteroatoms. The van der Waals surface area contributed by atoms with Crippen molar-refractivity contribution < 1.29 is 9.31 Å². The first-order chi connectivity index (χ1) is 9.93. The van der Waals surface area contributed by atoms with Crippen molar-refractivity contribution in [2.24, 2.45) is 7.05 Å². The fraction of sp³-hybridized carbons (Fsp3) is 0.357. The van der Waals surface area contributed by atoms with Crippen molar-refractivity contribution in [2.45, 2.75) is 19.9 Å². The number of nitro groups is 1. The monoisotopic (exact) mass is 292 g/mol. The van der Waals surface area contributed by atoms with Crippen LogP contribution < -0.4 is 4.90 Å². The highest BCUT2D eigenvalue weighted by atomic mass is 19.1. The van der Waals surface area contributed by atoms with E-state index in [1.165, 1.54) is 16.8 Å². The molecule has 0 fully saturated rings. The third kappa shape index (κ3) is 3.01. The maximum atomic E-state index is 12.9. The maximum Gasteiger partial charge on any atom is 0.334 e. The lowest BCUT2D eigenvalue weighted by Gasteiger charge is -2.18. The Hall–Kier alpha value is -2.44. The molecule has 0 saturated heterocycles. The van der Waals surface area contributed by atoms with Gasteiger partial charge >= 0.3 is 5.69 Å². The molecule has 0 aliphatic heterocycles. The summed E-state index contributed by atoms with van der Waals surface area (Å²) in [5.74, 6) is 0.141. The summed E-state index contributed by atoms with van der Waals surface area (Å²) in [6.45, 7) is 2.27. The average Bonchev–Trinajstić information content (AvgIpc) is 2.78. The lowest BCUT2D eigenvalue weighted by Crippen LogP contribution is -2.20. The molecular weight excluding hydrogens is 275 g/mol. The van der Waals surface area contributed by atoms with Gasteiger partial charge in [0.15, 0.2) is 0 Å². The van der Waals surface area contributed by atoms with E-state index < -0.39 is 4.92 Å². The minimum absolute atomic E-state index is 0.0320. The summed E-state index contributed by atoms with van der Waals surface area (Å²) < 4.78 is 14.4. The number of rotatable bonds is 5. The van der Waals surface area contributed by atoms with Crippen LogP contribution in [0.3, 0.4) is 0 Å². The number of nitrogens with zero attached hydrogens (tertiary/aromatic N) is 4. The van der Waals surface area contributed by atoms with Crippen molar-refractivity contribution in [3.8, 4) is 0 Å². The van der Waals surface area contributed by atoms with E-state index in [2.05, 4.69) is 5.10 Å². The molecule has 0 bridgehead atoms. The molecule has 0 aliphatic rings. The second-order valence-corrected chi connectivity index (χ2v) is 4.84. The zero-order valence-electron chi connectivity index (χ0n) is 12.2. The van der Waals surface area contributed by atoms with Crippen LogP contribution in [0.5, 0.6) is 0 Å². The number of aromatic nitrogens is 2. The summed E-state index contributed by atoms with van der Waals surface area (Å²) in [5.41, 5.74) is 1.36. The molecule has 0 saturated carbocycles. The molecule has 0 aliphatic carbocycles. The Morgan fingerprint density at radius 1 is 1.38 bits per heavy atom. The minimum atomic E-state index is -0.400. The van der Waals surface area contributed by atoms with Crippen LogP contribution in [0.1, 0.15) is 18.2 Å². The molecule has 6 nitrogen and oxygen atoms in total. The quantitative estimate of drug-likeness (QED) is 0.628. The third-order valence-corrected chi connectivity index (χ3v) is 3.27. The normalized spacial score (nSPS) is 10.7. The van der Waals surface area contributed by atoms with Crippen LogP contribution >= 0.6 is 0 Å². The van der Waals surface area contributed by atoms with Gasteiger partial charge in [0.25, 0.3) is 0 Å². The summed E-state index contributed by atoms with van der Waals surface area (Å²) >= 11 is 0. The zero-order valence-corrected chi connectivity index (χ0v) is 12.2. The molecule has 0 amide bonds. The van der Waals surface area contributed by atoms with Gasteiger partial charge in [0.05, 0.1) is 4.92 Å². The lowest BCUT2D eigenvalue weighted by atomic mass is 10.2. The van der Waals surface area contributed by atoms with Crippen molar-refractivity contribution in [1.29, 1.82) is 0 Å². The van der Waals surface area contributed by atoms with Gasteiger partial charge in [-0.15, -0.1) is 0 Å². The third-order valence-electron chi connectivity index (χ3n) is 3.27. The zero-order chi connectivity index (χ0) is 15.6. The standard InChI is InChI=1S/C14H17FN4O2/c1-4-12-13(19(20)21)14(18(3)16-12)17(2)9-10-5-7-11(15)8-6-10/h5-8H,4,9H2,1-3H3. The molecule has 0 unspecified atom stereocenters. The number of hydrogen-bond acceptors (Lipinski definition) is 4. The second-order valence-electron chi connectivity index (χ2n) is 4.84.